The predicted octanol–water partition coefficient (Wildman–Crippen LogP) is 2.58. The topological polar surface area (TPSA) is 52.3 Å². The van der Waals surface area contributed by atoms with Gasteiger partial charge in [0.2, 0.25) is 0 Å². The zero-order valence-electron chi connectivity index (χ0n) is 10.6. The lowest BCUT2D eigenvalue weighted by Gasteiger charge is -2.24. The highest BCUT2D eigenvalue weighted by atomic mass is 16.5. The van der Waals surface area contributed by atoms with Gasteiger partial charge in [-0.15, -0.1) is 0 Å². The Morgan fingerprint density at radius 3 is 2.61 bits per heavy atom. The quantitative estimate of drug-likeness (QED) is 0.843. The van der Waals surface area contributed by atoms with Crippen molar-refractivity contribution in [1.29, 1.82) is 0 Å². The van der Waals surface area contributed by atoms with Crippen LogP contribution in [0.15, 0.2) is 42.5 Å². The number of carbonyl (C=O) groups excluding carboxylic acids is 1. The highest BCUT2D eigenvalue weighted by Crippen LogP contribution is 2.27. The average molecular weight is 243 g/mol. The molecule has 2 rings (SSSR count). The Bertz CT molecular complexity index is 570. The Morgan fingerprint density at radius 1 is 1.22 bits per heavy atom. The summed E-state index contributed by atoms with van der Waals surface area (Å²) in [6.07, 6.45) is 0. The highest BCUT2D eigenvalue weighted by Gasteiger charge is 2.33. The molecule has 3 nitrogen and oxygen atoms in total. The van der Waals surface area contributed by atoms with Gasteiger partial charge < -0.3 is 10.5 Å². The van der Waals surface area contributed by atoms with Crippen molar-refractivity contribution < 1.29 is 9.53 Å². The Kier molecular flexibility index (Phi) is 3.34. The minimum absolute atomic E-state index is 0.330. The highest BCUT2D eigenvalue weighted by molar-refractivity contribution is 5.93. The van der Waals surface area contributed by atoms with Crippen molar-refractivity contribution in [3.8, 4) is 0 Å². The molecule has 0 aliphatic carbocycles. The molecule has 3 heteroatoms. The molecule has 18 heavy (non-hydrogen) atoms. The van der Waals surface area contributed by atoms with E-state index in [1.54, 1.807) is 13.8 Å². The van der Waals surface area contributed by atoms with Crippen LogP contribution < -0.4 is 5.73 Å². The third-order valence-corrected chi connectivity index (χ3v) is 3.05. The first-order chi connectivity index (χ1) is 8.57. The first-order valence-electron chi connectivity index (χ1n) is 6.01. The largest absolute Gasteiger partial charge is 0.464 e. The number of hydrogen-bond acceptors (Lipinski definition) is 3. The van der Waals surface area contributed by atoms with Gasteiger partial charge in [-0.1, -0.05) is 42.5 Å². The molecule has 0 radical (unpaired) electrons. The summed E-state index contributed by atoms with van der Waals surface area (Å²) < 4.78 is 5.05. The first kappa shape index (κ1) is 12.6. The second-order valence-electron chi connectivity index (χ2n) is 4.45. The van der Waals surface area contributed by atoms with E-state index in [1.165, 1.54) is 0 Å². The molecule has 2 aromatic rings. The Balaban J connectivity index is 2.56. The van der Waals surface area contributed by atoms with Crippen LogP contribution in [-0.4, -0.2) is 12.6 Å². The Morgan fingerprint density at radius 2 is 1.89 bits per heavy atom. The number of esters is 1. The van der Waals surface area contributed by atoms with E-state index in [0.717, 1.165) is 16.3 Å². The van der Waals surface area contributed by atoms with E-state index in [0.29, 0.717) is 6.61 Å². The molecular weight excluding hydrogens is 226 g/mol. The second kappa shape index (κ2) is 4.78. The molecule has 0 aliphatic heterocycles. The summed E-state index contributed by atoms with van der Waals surface area (Å²) in [4.78, 5) is 12.0. The van der Waals surface area contributed by atoms with Gasteiger partial charge in [-0.3, -0.25) is 0 Å². The minimum Gasteiger partial charge on any atom is -0.464 e. The van der Waals surface area contributed by atoms with Crippen molar-refractivity contribution in [2.24, 2.45) is 5.73 Å². The summed E-state index contributed by atoms with van der Waals surface area (Å²) >= 11 is 0. The third kappa shape index (κ3) is 2.09. The molecular formula is C15H17NO2. The molecule has 94 valence electrons. The fraction of sp³-hybridized carbons (Fsp3) is 0.267. The van der Waals surface area contributed by atoms with Gasteiger partial charge in [0.25, 0.3) is 0 Å². The summed E-state index contributed by atoms with van der Waals surface area (Å²) in [6, 6.07) is 13.6. The van der Waals surface area contributed by atoms with Crippen LogP contribution in [0.1, 0.15) is 19.4 Å². The lowest BCUT2D eigenvalue weighted by molar-refractivity contribution is -0.149. The van der Waals surface area contributed by atoms with Crippen LogP contribution >= 0.6 is 0 Å². The average Bonchev–Trinajstić information content (AvgIpc) is 2.38. The van der Waals surface area contributed by atoms with Crippen molar-refractivity contribution in [3.63, 3.8) is 0 Å². The molecule has 0 amide bonds. The van der Waals surface area contributed by atoms with Gasteiger partial charge in [0.1, 0.15) is 5.54 Å². The second-order valence-corrected chi connectivity index (χ2v) is 4.45. The summed E-state index contributed by atoms with van der Waals surface area (Å²) in [5.41, 5.74) is 5.82. The third-order valence-electron chi connectivity index (χ3n) is 3.05. The number of benzene rings is 2. The lowest BCUT2D eigenvalue weighted by Crippen LogP contribution is -2.43. The molecule has 0 heterocycles. The van der Waals surface area contributed by atoms with Crippen LogP contribution in [0.25, 0.3) is 10.8 Å². The molecule has 0 saturated heterocycles. The van der Waals surface area contributed by atoms with Crippen molar-refractivity contribution in [3.05, 3.63) is 48.0 Å². The van der Waals surface area contributed by atoms with E-state index in [9.17, 15) is 4.79 Å². The Hall–Kier alpha value is -1.87. The van der Waals surface area contributed by atoms with Gasteiger partial charge in [-0.2, -0.15) is 0 Å². The van der Waals surface area contributed by atoms with E-state index >= 15 is 0 Å². The monoisotopic (exact) mass is 243 g/mol. The maximum absolute atomic E-state index is 12.0. The number of hydrogen-bond donors (Lipinski definition) is 1. The minimum atomic E-state index is -1.13. The summed E-state index contributed by atoms with van der Waals surface area (Å²) in [7, 11) is 0. The zero-order chi connectivity index (χ0) is 13.2. The van der Waals surface area contributed by atoms with Crippen LogP contribution in [0.5, 0.6) is 0 Å². The standard InChI is InChI=1S/C15H17NO2/c1-3-18-14(17)15(2,16)13-10-6-8-11-7-4-5-9-12(11)13/h4-10H,3,16H2,1-2H3. The molecule has 0 spiro atoms. The molecule has 0 bridgehead atoms. The van der Waals surface area contributed by atoms with Gasteiger partial charge in [0, 0.05) is 0 Å². The lowest BCUT2D eigenvalue weighted by atomic mass is 9.89. The van der Waals surface area contributed by atoms with Crippen LogP contribution in [0.4, 0.5) is 0 Å². The molecule has 0 fully saturated rings. The summed E-state index contributed by atoms with van der Waals surface area (Å²) in [5, 5.41) is 2.05. The van der Waals surface area contributed by atoms with Crippen molar-refractivity contribution >= 4 is 16.7 Å². The van der Waals surface area contributed by atoms with Crippen LogP contribution in [0.2, 0.25) is 0 Å². The number of rotatable bonds is 3. The first-order valence-corrected chi connectivity index (χ1v) is 6.01. The van der Waals surface area contributed by atoms with Crippen LogP contribution in [-0.2, 0) is 15.1 Å². The van der Waals surface area contributed by atoms with Gasteiger partial charge in [0.15, 0.2) is 0 Å². The molecule has 2 aromatic carbocycles. The fourth-order valence-electron chi connectivity index (χ4n) is 2.07. The van der Waals surface area contributed by atoms with E-state index in [-0.39, 0.29) is 0 Å². The number of nitrogens with two attached hydrogens (primary N) is 1. The molecule has 0 aliphatic rings. The number of ether oxygens (including phenoxy) is 1. The smallest absolute Gasteiger partial charge is 0.330 e. The maximum Gasteiger partial charge on any atom is 0.330 e. The number of carbonyl (C=O) groups is 1. The van der Waals surface area contributed by atoms with E-state index in [1.807, 2.05) is 42.5 Å². The molecule has 0 aromatic heterocycles. The van der Waals surface area contributed by atoms with E-state index in [2.05, 4.69) is 0 Å². The zero-order valence-corrected chi connectivity index (χ0v) is 10.6. The van der Waals surface area contributed by atoms with E-state index < -0.39 is 11.5 Å². The van der Waals surface area contributed by atoms with Crippen molar-refractivity contribution in [2.45, 2.75) is 19.4 Å². The summed E-state index contributed by atoms with van der Waals surface area (Å²) in [6.45, 7) is 3.79. The van der Waals surface area contributed by atoms with Gasteiger partial charge in [-0.25, -0.2) is 4.79 Å². The van der Waals surface area contributed by atoms with Crippen LogP contribution in [0.3, 0.4) is 0 Å². The summed E-state index contributed by atoms with van der Waals surface area (Å²) in [5.74, 6) is -0.402. The number of fused-ring (bicyclic) bond motifs is 1. The van der Waals surface area contributed by atoms with Crippen LogP contribution in [0, 0.1) is 0 Å². The molecule has 2 N–H and O–H groups in total. The molecule has 1 unspecified atom stereocenters. The van der Waals surface area contributed by atoms with Crippen molar-refractivity contribution in [2.75, 3.05) is 6.61 Å². The van der Waals surface area contributed by atoms with Gasteiger partial charge in [0.05, 0.1) is 6.61 Å². The fourth-order valence-corrected chi connectivity index (χ4v) is 2.07. The maximum atomic E-state index is 12.0. The van der Waals surface area contributed by atoms with Crippen molar-refractivity contribution in [1.82, 2.24) is 0 Å². The SMILES string of the molecule is CCOC(=O)C(C)(N)c1cccc2ccccc12. The Labute approximate surface area is 107 Å². The van der Waals surface area contributed by atoms with E-state index in [4.69, 9.17) is 10.5 Å². The van der Waals surface area contributed by atoms with Gasteiger partial charge in [-0.05, 0) is 30.2 Å². The molecule has 1 atom stereocenters. The van der Waals surface area contributed by atoms with Gasteiger partial charge >= 0.3 is 5.97 Å². The molecule has 0 saturated carbocycles. The normalized spacial score (nSPS) is 14.2. The predicted molar refractivity (Wildman–Crippen MR) is 72.1 cm³/mol.